The molecule has 1 aliphatic heterocycles. The van der Waals surface area contributed by atoms with Crippen molar-refractivity contribution in [2.24, 2.45) is 0 Å². The molecular weight excluding hydrogens is 433 g/mol. The fourth-order valence-corrected chi connectivity index (χ4v) is 3.76. The Morgan fingerprint density at radius 3 is 2.34 bits per heavy atom. The smallest absolute Gasteiger partial charge is 0.253 e. The highest BCUT2D eigenvalue weighted by molar-refractivity contribution is 6.30. The van der Waals surface area contributed by atoms with Gasteiger partial charge in [-0.25, -0.2) is 9.07 Å². The van der Waals surface area contributed by atoms with E-state index in [4.69, 9.17) is 11.6 Å². The highest BCUT2D eigenvalue weighted by atomic mass is 35.5. The number of anilines is 1. The highest BCUT2D eigenvalue weighted by Crippen LogP contribution is 2.18. The van der Waals surface area contributed by atoms with Crippen molar-refractivity contribution in [1.82, 2.24) is 19.6 Å². The van der Waals surface area contributed by atoms with Crippen LogP contribution in [0, 0.1) is 12.7 Å². The van der Waals surface area contributed by atoms with Gasteiger partial charge in [0.2, 0.25) is 5.91 Å². The van der Waals surface area contributed by atoms with E-state index < -0.39 is 0 Å². The van der Waals surface area contributed by atoms with E-state index in [0.717, 1.165) is 5.69 Å². The molecule has 2 amide bonds. The molecule has 2 heterocycles. The van der Waals surface area contributed by atoms with E-state index in [0.29, 0.717) is 48.3 Å². The van der Waals surface area contributed by atoms with Crippen molar-refractivity contribution in [2.75, 3.05) is 38.0 Å². The molecule has 0 spiro atoms. The lowest BCUT2D eigenvalue weighted by Crippen LogP contribution is -2.50. The topological polar surface area (TPSA) is 70.5 Å². The lowest BCUT2D eigenvalue weighted by Gasteiger charge is -2.34. The van der Waals surface area contributed by atoms with Gasteiger partial charge in [-0.05, 0) is 55.5 Å². The number of aryl methyl sites for hydroxylation is 1. The maximum Gasteiger partial charge on any atom is 0.253 e. The molecule has 1 aliphatic rings. The molecule has 0 bridgehead atoms. The Bertz CT molecular complexity index is 1110. The minimum atomic E-state index is -0.336. The number of benzene rings is 2. The van der Waals surface area contributed by atoms with Crippen molar-refractivity contribution >= 4 is 29.2 Å². The molecule has 1 fully saturated rings. The number of amides is 2. The third kappa shape index (κ3) is 5.15. The van der Waals surface area contributed by atoms with Crippen LogP contribution in [0.5, 0.6) is 0 Å². The van der Waals surface area contributed by atoms with E-state index in [2.05, 4.69) is 10.4 Å². The fraction of sp³-hybridized carbons (Fsp3) is 0.261. The van der Waals surface area contributed by atoms with E-state index >= 15 is 0 Å². The molecule has 0 aliphatic carbocycles. The van der Waals surface area contributed by atoms with Gasteiger partial charge in [-0.1, -0.05) is 11.6 Å². The molecule has 2 aromatic carbocycles. The average molecular weight is 456 g/mol. The number of nitrogens with one attached hydrogen (secondary N) is 1. The Labute approximate surface area is 190 Å². The minimum Gasteiger partial charge on any atom is -0.336 e. The molecule has 4 rings (SSSR count). The van der Waals surface area contributed by atoms with E-state index in [-0.39, 0.29) is 24.2 Å². The molecule has 32 heavy (non-hydrogen) atoms. The van der Waals surface area contributed by atoms with Crippen LogP contribution < -0.4 is 5.32 Å². The Kier molecular flexibility index (Phi) is 6.53. The lowest BCUT2D eigenvalue weighted by atomic mass is 10.2. The maximum atomic E-state index is 13.2. The van der Waals surface area contributed by atoms with E-state index in [1.54, 1.807) is 52.0 Å². The van der Waals surface area contributed by atoms with Gasteiger partial charge in [0.25, 0.3) is 5.91 Å². The standard InChI is InChI=1S/C23H23ClFN5O2/c1-16-14-21(30(27-16)20-8-6-19(25)7-9-20)26-22(31)15-28-10-12-29(13-11-28)23(32)17-2-4-18(24)5-3-17/h2-9,14H,10-13,15H2,1H3,(H,26,31). The summed E-state index contributed by atoms with van der Waals surface area (Å²) in [6.07, 6.45) is 0. The van der Waals surface area contributed by atoms with Crippen molar-refractivity contribution in [2.45, 2.75) is 6.92 Å². The summed E-state index contributed by atoms with van der Waals surface area (Å²) in [4.78, 5) is 29.1. The first kappa shape index (κ1) is 22.0. The third-order valence-corrected chi connectivity index (χ3v) is 5.54. The van der Waals surface area contributed by atoms with Gasteiger partial charge < -0.3 is 10.2 Å². The summed E-state index contributed by atoms with van der Waals surface area (Å²) in [6.45, 7) is 4.32. The largest absolute Gasteiger partial charge is 0.336 e. The molecule has 1 saturated heterocycles. The van der Waals surface area contributed by atoms with Crippen molar-refractivity contribution < 1.29 is 14.0 Å². The SMILES string of the molecule is Cc1cc(NC(=O)CN2CCN(C(=O)c3ccc(Cl)cc3)CC2)n(-c2ccc(F)cc2)n1. The fourth-order valence-electron chi connectivity index (χ4n) is 3.64. The first-order chi connectivity index (χ1) is 15.4. The van der Waals surface area contributed by atoms with Crippen LogP contribution in [-0.2, 0) is 4.79 Å². The molecule has 3 aromatic rings. The van der Waals surface area contributed by atoms with Crippen LogP contribution in [0.25, 0.3) is 5.69 Å². The molecule has 0 unspecified atom stereocenters. The first-order valence-electron chi connectivity index (χ1n) is 10.3. The molecule has 0 atom stereocenters. The van der Waals surface area contributed by atoms with Crippen LogP contribution in [0.3, 0.4) is 0 Å². The summed E-state index contributed by atoms with van der Waals surface area (Å²) in [5.74, 6) is -0.0252. The zero-order valence-electron chi connectivity index (χ0n) is 17.6. The number of aromatic nitrogens is 2. The molecule has 1 aromatic heterocycles. The number of nitrogens with zero attached hydrogens (tertiary/aromatic N) is 4. The van der Waals surface area contributed by atoms with Crippen LogP contribution in [0.15, 0.2) is 54.6 Å². The predicted octanol–water partition coefficient (Wildman–Crippen LogP) is 3.37. The first-order valence-corrected chi connectivity index (χ1v) is 10.7. The van der Waals surface area contributed by atoms with Gasteiger partial charge >= 0.3 is 0 Å². The van der Waals surface area contributed by atoms with Crippen LogP contribution in [0.4, 0.5) is 10.2 Å². The van der Waals surface area contributed by atoms with Crippen molar-refractivity contribution in [3.05, 3.63) is 76.7 Å². The zero-order valence-corrected chi connectivity index (χ0v) is 18.3. The molecule has 166 valence electrons. The van der Waals surface area contributed by atoms with Gasteiger partial charge in [-0.2, -0.15) is 5.10 Å². The summed E-state index contributed by atoms with van der Waals surface area (Å²) < 4.78 is 14.8. The summed E-state index contributed by atoms with van der Waals surface area (Å²) in [7, 11) is 0. The number of hydrogen-bond acceptors (Lipinski definition) is 4. The second kappa shape index (κ2) is 9.50. The van der Waals surface area contributed by atoms with E-state index in [1.807, 2.05) is 11.8 Å². The van der Waals surface area contributed by atoms with Gasteiger partial charge in [0, 0.05) is 42.8 Å². The molecule has 9 heteroatoms. The van der Waals surface area contributed by atoms with Crippen molar-refractivity contribution in [3.8, 4) is 5.69 Å². The number of rotatable bonds is 5. The van der Waals surface area contributed by atoms with Crippen LogP contribution in [-0.4, -0.2) is 64.1 Å². The van der Waals surface area contributed by atoms with E-state index in [1.165, 1.54) is 12.1 Å². The monoisotopic (exact) mass is 455 g/mol. The third-order valence-electron chi connectivity index (χ3n) is 5.29. The summed E-state index contributed by atoms with van der Waals surface area (Å²) >= 11 is 5.89. The highest BCUT2D eigenvalue weighted by Gasteiger charge is 2.23. The molecule has 0 saturated carbocycles. The van der Waals surface area contributed by atoms with Crippen molar-refractivity contribution in [1.29, 1.82) is 0 Å². The summed E-state index contributed by atoms with van der Waals surface area (Å²) in [5, 5.41) is 7.87. The summed E-state index contributed by atoms with van der Waals surface area (Å²) in [6, 6.07) is 14.5. The number of carbonyl (C=O) groups excluding carboxylic acids is 2. The second-order valence-electron chi connectivity index (χ2n) is 7.68. The Hall–Kier alpha value is -3.23. The number of piperazine rings is 1. The van der Waals surface area contributed by atoms with Gasteiger partial charge in [-0.3, -0.25) is 14.5 Å². The number of halogens is 2. The number of hydrogen-bond donors (Lipinski definition) is 1. The molecule has 7 nitrogen and oxygen atoms in total. The molecular formula is C23H23ClFN5O2. The van der Waals surface area contributed by atoms with Gasteiger partial charge in [0.05, 0.1) is 17.9 Å². The Balaban J connectivity index is 1.33. The minimum absolute atomic E-state index is 0.0376. The van der Waals surface area contributed by atoms with Crippen molar-refractivity contribution in [3.63, 3.8) is 0 Å². The maximum absolute atomic E-state index is 13.2. The normalized spacial score (nSPS) is 14.4. The predicted molar refractivity (Wildman–Crippen MR) is 121 cm³/mol. The Morgan fingerprint density at radius 2 is 1.69 bits per heavy atom. The quantitative estimate of drug-likeness (QED) is 0.640. The van der Waals surface area contributed by atoms with Gasteiger partial charge in [0.15, 0.2) is 0 Å². The van der Waals surface area contributed by atoms with Crippen LogP contribution in [0.2, 0.25) is 5.02 Å². The van der Waals surface area contributed by atoms with E-state index in [9.17, 15) is 14.0 Å². The Morgan fingerprint density at radius 1 is 1.03 bits per heavy atom. The van der Waals surface area contributed by atoms with Gasteiger partial charge in [0.1, 0.15) is 11.6 Å². The van der Waals surface area contributed by atoms with Crippen LogP contribution in [0.1, 0.15) is 16.1 Å². The van der Waals surface area contributed by atoms with Gasteiger partial charge in [-0.15, -0.1) is 0 Å². The second-order valence-corrected chi connectivity index (χ2v) is 8.12. The van der Waals surface area contributed by atoms with Crippen LogP contribution >= 0.6 is 11.6 Å². The lowest BCUT2D eigenvalue weighted by molar-refractivity contribution is -0.117. The number of carbonyl (C=O) groups is 2. The molecule has 0 radical (unpaired) electrons. The average Bonchev–Trinajstić information content (AvgIpc) is 3.14. The summed E-state index contributed by atoms with van der Waals surface area (Å²) in [5.41, 5.74) is 1.99. The zero-order chi connectivity index (χ0) is 22.7. The molecule has 1 N–H and O–H groups in total.